The number of aliphatic carboxylic acids is 1. The van der Waals surface area contributed by atoms with Gasteiger partial charge in [-0.1, -0.05) is 68.2 Å². The Morgan fingerprint density at radius 2 is 0.758 bits per heavy atom. The number of amides is 17. The van der Waals surface area contributed by atoms with Gasteiger partial charge in [0.25, 0.3) is 0 Å². The molecule has 2 aliphatic rings. The van der Waals surface area contributed by atoms with Crippen molar-refractivity contribution >= 4 is 124 Å². The number of carbonyl (C=O) groups is 18. The first-order valence-corrected chi connectivity index (χ1v) is 45.6. The van der Waals surface area contributed by atoms with E-state index in [2.05, 4.69) is 89.4 Å². The molecule has 2 aliphatic heterocycles. The number of nitrogens with one attached hydrogen (secondary N) is 14. The second-order valence-corrected chi connectivity index (χ2v) is 34.4. The van der Waals surface area contributed by atoms with Crippen molar-refractivity contribution in [3.8, 4) is 0 Å². The lowest BCUT2D eigenvalue weighted by Gasteiger charge is -2.33. The number of unbranched alkanes of at least 4 members (excludes halogenated alkanes) is 3. The molecule has 2 heterocycles. The van der Waals surface area contributed by atoms with Crippen LogP contribution in [0.25, 0.3) is 0 Å². The molecule has 37 N–H and O–H groups in total. The molecule has 2 fully saturated rings. The van der Waals surface area contributed by atoms with Gasteiger partial charge in [0.05, 0.1) is 19.1 Å². The molecule has 0 aromatic rings. The van der Waals surface area contributed by atoms with Crippen molar-refractivity contribution in [1.29, 1.82) is 0 Å². The third kappa shape index (κ3) is 43.4. The van der Waals surface area contributed by atoms with Gasteiger partial charge in [0.15, 0.2) is 17.9 Å². The van der Waals surface area contributed by atoms with E-state index in [-0.39, 0.29) is 153 Å². The van der Waals surface area contributed by atoms with Gasteiger partial charge in [-0.3, -0.25) is 101 Å². The number of nitrogens with two attached hydrogens (primary N) is 11. The van der Waals surface area contributed by atoms with Crippen LogP contribution in [0, 0.1) is 23.7 Å². The highest BCUT2D eigenvalue weighted by Gasteiger charge is 2.46. The molecule has 0 bridgehead atoms. The maximum Gasteiger partial charge on any atom is 0.325 e. The van der Waals surface area contributed by atoms with E-state index in [1.54, 1.807) is 55.4 Å². The standard InChI is InChI=1S/C83H152N30O19/c1-11-47(8)65(75(126)99-43-62(116)102-51(26-18-36-95-81(89)90)69(120)100-48(9)66(117)104-52(24-13-16-34-85)70(121)105-54(27-19-37-96-82(91)92)72(123)109-64(46(6)7)77(128)110-63(45(4)5)76(127)101-49(10)80(131)132)111-73(124)55(31-32-60(88)114)103-61(115)42-98-68(119)57(41-44(2)3)108-71(122)53(25-14-17-35-86)106-74(125)58-29-21-39-112(58)79(130)59-30-22-40-113(59)78(129)56(28-20-38-97-83(93)94)107-67(118)50(87)23-12-15-33-84/h44-59,63-65H,11-43,84-87H2,1-10H3,(H2,88,114)(H,98,119)(H,99,126)(H,100,120)(H,101,127)(H,102,116)(H,103,115)(H,104,117)(H,105,121)(H,106,125)(H,107,118)(H,108,122)(H,109,123)(H,110,128)(H,111,124)(H,131,132)(H4,89,90,95)(H4,91,92,96)(H4,93,94,97)/t47-,48-,49-,50-,51-,52-,53-,54-,55-,56-,57-,58-,59-,63-,64-,65-/m0/s1. The number of likely N-dealkylation sites (tertiary alicyclic amines) is 2. The van der Waals surface area contributed by atoms with Crippen LogP contribution in [0.3, 0.4) is 0 Å². The van der Waals surface area contributed by atoms with Crippen molar-refractivity contribution in [2.24, 2.45) is 102 Å². The van der Waals surface area contributed by atoms with Crippen molar-refractivity contribution in [2.45, 2.75) is 308 Å². The van der Waals surface area contributed by atoms with Crippen LogP contribution in [0.15, 0.2) is 15.0 Å². The number of primary amides is 1. The molecule has 0 aromatic carbocycles. The monoisotopic (exact) mass is 1870 g/mol. The third-order valence-electron chi connectivity index (χ3n) is 22.1. The van der Waals surface area contributed by atoms with Gasteiger partial charge in [-0.05, 0) is 186 Å². The van der Waals surface area contributed by atoms with E-state index in [1.807, 2.05) is 0 Å². The molecule has 132 heavy (non-hydrogen) atoms. The van der Waals surface area contributed by atoms with Crippen LogP contribution in [0.4, 0.5) is 0 Å². The van der Waals surface area contributed by atoms with Gasteiger partial charge in [0.2, 0.25) is 100 Å². The Bertz CT molecular complexity index is 3900. The summed E-state index contributed by atoms with van der Waals surface area (Å²) in [5, 5.41) is 45.5. The zero-order valence-corrected chi connectivity index (χ0v) is 78.2. The van der Waals surface area contributed by atoms with Crippen molar-refractivity contribution in [3.05, 3.63) is 0 Å². The van der Waals surface area contributed by atoms with Crippen LogP contribution < -0.4 is 138 Å². The van der Waals surface area contributed by atoms with E-state index in [0.717, 1.165) is 0 Å². The fourth-order valence-electron chi connectivity index (χ4n) is 14.4. The largest absolute Gasteiger partial charge is 0.480 e. The summed E-state index contributed by atoms with van der Waals surface area (Å²) in [6, 6.07) is -19.3. The average molecular weight is 1870 g/mol. The molecular formula is C83H152N30O19. The summed E-state index contributed by atoms with van der Waals surface area (Å²) in [6.45, 7) is 15.4. The molecule has 16 atom stereocenters. The van der Waals surface area contributed by atoms with E-state index < -0.39 is 241 Å². The molecule has 17 amide bonds. The first-order valence-electron chi connectivity index (χ1n) is 45.6. The molecule has 2 rings (SSSR count). The Morgan fingerprint density at radius 1 is 0.379 bits per heavy atom. The summed E-state index contributed by atoms with van der Waals surface area (Å²) in [6.07, 6.45) is 3.90. The molecule has 49 heteroatoms. The molecule has 0 radical (unpaired) electrons. The third-order valence-corrected chi connectivity index (χ3v) is 22.1. The fraction of sp³-hybridized carbons (Fsp3) is 0.747. The lowest BCUT2D eigenvalue weighted by atomic mass is 9.97. The molecule has 2 saturated heterocycles. The van der Waals surface area contributed by atoms with Crippen LogP contribution in [0.1, 0.15) is 217 Å². The van der Waals surface area contributed by atoms with Gasteiger partial charge < -0.3 is 152 Å². The Hall–Kier alpha value is -11.9. The molecule has 748 valence electrons. The fourth-order valence-corrected chi connectivity index (χ4v) is 14.4. The number of carbonyl (C=O) groups excluding carboxylic acids is 17. The maximum absolute atomic E-state index is 14.6. The van der Waals surface area contributed by atoms with Gasteiger partial charge in [0, 0.05) is 39.1 Å². The summed E-state index contributed by atoms with van der Waals surface area (Å²) in [4.78, 5) is 264. The maximum atomic E-state index is 14.6. The summed E-state index contributed by atoms with van der Waals surface area (Å²) >= 11 is 0. The van der Waals surface area contributed by atoms with E-state index >= 15 is 0 Å². The SMILES string of the molecule is CC[C@H](C)[C@H](NC(=O)[C@H](CCC(N)=O)NC(=O)CNC(=O)[C@H](CC(C)C)NC(=O)[C@H](CCCCN)NC(=O)[C@@H]1CCCN1C(=O)[C@@H]1CCCN1C(=O)[C@H](CCCN=C(N)N)NC(=O)[C@@H](N)CCCCN)C(=O)NCC(=O)N[C@@H](CCCN=C(N)N)C(=O)N[C@@H](C)C(=O)N[C@@H](CCCCN)C(=O)N[C@@H](CCCN=C(N)N)C(=O)N[C@H](C(=O)N[C@H](C(=O)N[C@@H](C)C(=O)O)C(C)C)C(C)C. The minimum absolute atomic E-state index is 0.00197. The first-order chi connectivity index (χ1) is 62.2. The van der Waals surface area contributed by atoms with E-state index in [4.69, 9.17) is 63.1 Å². The van der Waals surface area contributed by atoms with Crippen LogP contribution >= 0.6 is 0 Å². The predicted octanol–water partition coefficient (Wildman–Crippen LogP) is -8.31. The van der Waals surface area contributed by atoms with Crippen LogP contribution in [-0.4, -0.2) is 295 Å². The Balaban J connectivity index is 2.36. The summed E-state index contributed by atoms with van der Waals surface area (Å²) < 4.78 is 0. The van der Waals surface area contributed by atoms with Crippen molar-refractivity contribution in [2.75, 3.05) is 65.4 Å². The number of carboxylic acids is 1. The smallest absolute Gasteiger partial charge is 0.325 e. The number of rotatable bonds is 64. The van der Waals surface area contributed by atoms with Crippen molar-refractivity contribution < 1.29 is 91.4 Å². The van der Waals surface area contributed by atoms with Crippen LogP contribution in [0.2, 0.25) is 0 Å². The van der Waals surface area contributed by atoms with Gasteiger partial charge in [-0.2, -0.15) is 0 Å². The quantitative estimate of drug-likeness (QED) is 0.0153. The number of nitrogens with zero attached hydrogens (tertiary/aromatic N) is 5. The first kappa shape index (κ1) is 116. The zero-order chi connectivity index (χ0) is 99.6. The van der Waals surface area contributed by atoms with Gasteiger partial charge >= 0.3 is 5.97 Å². The highest BCUT2D eigenvalue weighted by molar-refractivity contribution is 6.01. The number of aliphatic imine (C=N–C) groups is 3. The van der Waals surface area contributed by atoms with Gasteiger partial charge in [0.1, 0.15) is 84.6 Å². The molecule has 49 nitrogen and oxygen atoms in total. The van der Waals surface area contributed by atoms with Crippen LogP contribution in [-0.2, 0) is 86.3 Å². The second kappa shape index (κ2) is 61.7. The normalized spacial score (nSPS) is 16.7. The van der Waals surface area contributed by atoms with Crippen molar-refractivity contribution in [3.63, 3.8) is 0 Å². The molecule has 0 unspecified atom stereocenters. The summed E-state index contributed by atoms with van der Waals surface area (Å²) in [7, 11) is 0. The van der Waals surface area contributed by atoms with E-state index in [0.29, 0.717) is 57.9 Å². The van der Waals surface area contributed by atoms with Crippen LogP contribution in [0.5, 0.6) is 0 Å². The Kier molecular flexibility index (Phi) is 54.3. The lowest BCUT2D eigenvalue weighted by Crippen LogP contribution is -2.61. The molecule has 0 aromatic heterocycles. The Morgan fingerprint density at radius 3 is 1.22 bits per heavy atom. The van der Waals surface area contributed by atoms with E-state index in [1.165, 1.54) is 23.6 Å². The topological polar surface area (TPSA) is 826 Å². The van der Waals surface area contributed by atoms with Gasteiger partial charge in [-0.25, -0.2) is 0 Å². The minimum atomic E-state index is -1.59. The summed E-state index contributed by atoms with van der Waals surface area (Å²) in [5.41, 5.74) is 62.2. The molecule has 0 saturated carbocycles. The number of guanidine groups is 3. The lowest BCUT2D eigenvalue weighted by molar-refractivity contribution is -0.148. The number of carboxylic acid groups (broad SMARTS) is 1. The summed E-state index contributed by atoms with van der Waals surface area (Å²) in [5.74, 6) is -18.0. The molecule has 0 spiro atoms. The van der Waals surface area contributed by atoms with Crippen molar-refractivity contribution in [1.82, 2.24) is 84.2 Å². The highest BCUT2D eigenvalue weighted by Crippen LogP contribution is 2.27. The minimum Gasteiger partial charge on any atom is -0.480 e. The molecule has 0 aliphatic carbocycles. The van der Waals surface area contributed by atoms with Gasteiger partial charge in [-0.15, -0.1) is 0 Å². The predicted molar refractivity (Wildman–Crippen MR) is 491 cm³/mol. The highest BCUT2D eigenvalue weighted by atomic mass is 16.4. The zero-order valence-electron chi connectivity index (χ0n) is 78.2. The second-order valence-electron chi connectivity index (χ2n) is 34.4. The number of hydrogen-bond acceptors (Lipinski definition) is 25. The Labute approximate surface area is 771 Å². The average Bonchev–Trinajstić information content (AvgIpc) is 1.64. The van der Waals surface area contributed by atoms with E-state index in [9.17, 15) is 91.4 Å². The number of hydrogen-bond donors (Lipinski definition) is 26. The molecular weight excluding hydrogens is 1720 g/mol.